The van der Waals surface area contributed by atoms with Crippen LogP contribution in [0.25, 0.3) is 0 Å². The summed E-state index contributed by atoms with van der Waals surface area (Å²) in [5, 5.41) is 8.20. The Hall–Kier alpha value is -0.200. The highest BCUT2D eigenvalue weighted by atomic mass is 32.2. The Morgan fingerprint density at radius 1 is 1.40 bits per heavy atom. The van der Waals surface area contributed by atoms with Gasteiger partial charge in [-0.15, -0.1) is 0 Å². The van der Waals surface area contributed by atoms with Crippen LogP contribution >= 0.6 is 11.8 Å². The van der Waals surface area contributed by atoms with Crippen LogP contribution in [0.3, 0.4) is 0 Å². The average Bonchev–Trinajstić information content (AvgIpc) is 1.87. The molecule has 0 rings (SSSR count). The Morgan fingerprint density at radius 3 is 2.60 bits per heavy atom. The molecule has 0 atom stereocenters. The highest BCUT2D eigenvalue weighted by Crippen LogP contribution is 2.00. The van der Waals surface area contributed by atoms with Crippen LogP contribution in [0.2, 0.25) is 0 Å². The van der Waals surface area contributed by atoms with Crippen LogP contribution in [0.1, 0.15) is 6.42 Å². The fraction of sp³-hybridized carbons (Fsp3) is 0.857. The molecule has 0 heterocycles. The van der Waals surface area contributed by atoms with Crippen molar-refractivity contribution in [3.8, 4) is 6.07 Å². The Bertz CT molecular complexity index is 107. The fourth-order valence-electron chi connectivity index (χ4n) is 0.467. The second-order valence-corrected chi connectivity index (χ2v) is 3.55. The number of nitriles is 1. The molecule has 0 N–H and O–H groups in total. The van der Waals surface area contributed by atoms with Gasteiger partial charge in [0.15, 0.2) is 0 Å². The summed E-state index contributed by atoms with van der Waals surface area (Å²) in [4.78, 5) is 2.15. The molecular formula is C7H14N2S. The lowest BCUT2D eigenvalue weighted by Crippen LogP contribution is -2.14. The van der Waals surface area contributed by atoms with Crippen molar-refractivity contribution in [1.82, 2.24) is 4.90 Å². The molecule has 0 aromatic rings. The van der Waals surface area contributed by atoms with Gasteiger partial charge in [-0.25, -0.2) is 0 Å². The van der Waals surface area contributed by atoms with E-state index in [2.05, 4.69) is 25.1 Å². The van der Waals surface area contributed by atoms with Gasteiger partial charge in [0.2, 0.25) is 0 Å². The van der Waals surface area contributed by atoms with Crippen LogP contribution < -0.4 is 0 Å². The van der Waals surface area contributed by atoms with E-state index in [1.165, 1.54) is 0 Å². The lowest BCUT2D eigenvalue weighted by Gasteiger charge is -2.07. The SMILES string of the molecule is CN(C)CCSCCC#N. The summed E-state index contributed by atoms with van der Waals surface area (Å²) >= 11 is 1.84. The molecule has 0 saturated carbocycles. The van der Waals surface area contributed by atoms with Crippen LogP contribution in [0.15, 0.2) is 0 Å². The van der Waals surface area contributed by atoms with Gasteiger partial charge in [-0.3, -0.25) is 0 Å². The highest BCUT2D eigenvalue weighted by molar-refractivity contribution is 7.99. The van der Waals surface area contributed by atoms with Gasteiger partial charge >= 0.3 is 0 Å². The van der Waals surface area contributed by atoms with Crippen molar-refractivity contribution in [2.75, 3.05) is 32.1 Å². The zero-order valence-corrected chi connectivity index (χ0v) is 7.45. The lowest BCUT2D eigenvalue weighted by molar-refractivity contribution is 0.437. The molecule has 0 aliphatic rings. The number of hydrogen-bond donors (Lipinski definition) is 0. The number of rotatable bonds is 5. The molecule has 0 radical (unpaired) electrons. The van der Waals surface area contributed by atoms with Gasteiger partial charge in [-0.2, -0.15) is 17.0 Å². The second-order valence-electron chi connectivity index (χ2n) is 2.32. The minimum absolute atomic E-state index is 0.679. The van der Waals surface area contributed by atoms with Gasteiger partial charge in [-0.1, -0.05) is 0 Å². The van der Waals surface area contributed by atoms with Crippen LogP contribution in [0.4, 0.5) is 0 Å². The van der Waals surface area contributed by atoms with E-state index < -0.39 is 0 Å². The van der Waals surface area contributed by atoms with Crippen molar-refractivity contribution in [1.29, 1.82) is 5.26 Å². The largest absolute Gasteiger partial charge is 0.309 e. The number of nitrogens with zero attached hydrogens (tertiary/aromatic N) is 2. The van der Waals surface area contributed by atoms with Crippen LogP contribution in [-0.4, -0.2) is 37.0 Å². The molecule has 0 bridgehead atoms. The molecule has 0 aromatic heterocycles. The quantitative estimate of drug-likeness (QED) is 0.562. The molecule has 0 aromatic carbocycles. The topological polar surface area (TPSA) is 27.0 Å². The monoisotopic (exact) mass is 158 g/mol. The van der Waals surface area contributed by atoms with Crippen molar-refractivity contribution in [3.63, 3.8) is 0 Å². The van der Waals surface area contributed by atoms with Crippen molar-refractivity contribution in [2.24, 2.45) is 0 Å². The average molecular weight is 158 g/mol. The molecule has 0 spiro atoms. The minimum atomic E-state index is 0.679. The van der Waals surface area contributed by atoms with E-state index in [-0.39, 0.29) is 0 Å². The molecule has 0 saturated heterocycles. The van der Waals surface area contributed by atoms with Crippen LogP contribution in [0.5, 0.6) is 0 Å². The van der Waals surface area contributed by atoms with E-state index in [1.807, 2.05) is 11.8 Å². The van der Waals surface area contributed by atoms with E-state index in [9.17, 15) is 0 Å². The maximum absolute atomic E-state index is 8.20. The zero-order valence-electron chi connectivity index (χ0n) is 6.63. The molecule has 58 valence electrons. The Labute approximate surface area is 67.2 Å². The summed E-state index contributed by atoms with van der Waals surface area (Å²) in [5.74, 6) is 2.11. The van der Waals surface area contributed by atoms with Crippen LogP contribution in [0, 0.1) is 11.3 Å². The molecule has 0 aliphatic carbocycles. The third-order valence-electron chi connectivity index (χ3n) is 1.04. The summed E-state index contributed by atoms with van der Waals surface area (Å²) in [7, 11) is 4.12. The maximum Gasteiger partial charge on any atom is 0.0630 e. The summed E-state index contributed by atoms with van der Waals surface area (Å²) in [5.41, 5.74) is 0. The van der Waals surface area contributed by atoms with Crippen molar-refractivity contribution in [3.05, 3.63) is 0 Å². The molecule has 10 heavy (non-hydrogen) atoms. The van der Waals surface area contributed by atoms with Gasteiger partial charge in [0, 0.05) is 24.5 Å². The normalized spacial score (nSPS) is 9.80. The third kappa shape index (κ3) is 7.80. The minimum Gasteiger partial charge on any atom is -0.309 e. The number of hydrogen-bond acceptors (Lipinski definition) is 3. The van der Waals surface area contributed by atoms with E-state index in [0.29, 0.717) is 6.42 Å². The lowest BCUT2D eigenvalue weighted by atomic mass is 10.6. The van der Waals surface area contributed by atoms with E-state index >= 15 is 0 Å². The molecule has 3 heteroatoms. The first-order chi connectivity index (χ1) is 4.77. The maximum atomic E-state index is 8.20. The molecule has 0 amide bonds. The predicted octanol–water partition coefficient (Wildman–Crippen LogP) is 1.19. The summed E-state index contributed by atoms with van der Waals surface area (Å²) in [6, 6.07) is 2.12. The van der Waals surface area contributed by atoms with Crippen LogP contribution in [-0.2, 0) is 0 Å². The Kier molecular flexibility index (Phi) is 6.78. The zero-order chi connectivity index (χ0) is 7.82. The fourth-order valence-corrected chi connectivity index (χ4v) is 1.40. The van der Waals surface area contributed by atoms with Crippen molar-refractivity contribution >= 4 is 11.8 Å². The molecule has 0 aliphatic heterocycles. The summed E-state index contributed by atoms with van der Waals surface area (Å²) in [6.07, 6.45) is 0.679. The summed E-state index contributed by atoms with van der Waals surface area (Å²) in [6.45, 7) is 1.11. The number of thioether (sulfide) groups is 1. The summed E-state index contributed by atoms with van der Waals surface area (Å²) < 4.78 is 0. The van der Waals surface area contributed by atoms with Gasteiger partial charge < -0.3 is 4.90 Å². The second kappa shape index (κ2) is 6.91. The smallest absolute Gasteiger partial charge is 0.0630 e. The first kappa shape index (κ1) is 9.80. The molecule has 0 unspecified atom stereocenters. The Balaban J connectivity index is 2.86. The molecule has 0 fully saturated rings. The first-order valence-electron chi connectivity index (χ1n) is 3.37. The first-order valence-corrected chi connectivity index (χ1v) is 4.52. The molecular weight excluding hydrogens is 144 g/mol. The highest BCUT2D eigenvalue weighted by Gasteiger charge is 1.89. The van der Waals surface area contributed by atoms with Gasteiger partial charge in [-0.05, 0) is 14.1 Å². The van der Waals surface area contributed by atoms with E-state index in [0.717, 1.165) is 18.1 Å². The van der Waals surface area contributed by atoms with Gasteiger partial charge in [0.25, 0.3) is 0 Å². The van der Waals surface area contributed by atoms with Crippen molar-refractivity contribution < 1.29 is 0 Å². The van der Waals surface area contributed by atoms with E-state index in [1.54, 1.807) is 0 Å². The van der Waals surface area contributed by atoms with Crippen molar-refractivity contribution in [2.45, 2.75) is 6.42 Å². The third-order valence-corrected chi connectivity index (χ3v) is 2.01. The van der Waals surface area contributed by atoms with Gasteiger partial charge in [0.1, 0.15) is 0 Å². The van der Waals surface area contributed by atoms with E-state index in [4.69, 9.17) is 5.26 Å². The predicted molar refractivity (Wildman–Crippen MR) is 46.1 cm³/mol. The standard InChI is InChI=1S/C7H14N2S/c1-9(2)5-7-10-6-3-4-8/h3,5-7H2,1-2H3. The Morgan fingerprint density at radius 2 is 2.10 bits per heavy atom. The van der Waals surface area contributed by atoms with Gasteiger partial charge in [0.05, 0.1) is 6.07 Å². The molecule has 2 nitrogen and oxygen atoms in total.